The summed E-state index contributed by atoms with van der Waals surface area (Å²) in [6.45, 7) is 7.58. The molecule has 0 atom stereocenters. The van der Waals surface area contributed by atoms with Gasteiger partial charge in [0.1, 0.15) is 0 Å². The molecule has 2 rings (SSSR count). The van der Waals surface area contributed by atoms with E-state index in [0.29, 0.717) is 17.1 Å². The van der Waals surface area contributed by atoms with E-state index in [1.807, 2.05) is 19.1 Å². The Morgan fingerprint density at radius 2 is 2.10 bits per heavy atom. The summed E-state index contributed by atoms with van der Waals surface area (Å²) in [6, 6.07) is 5.52. The van der Waals surface area contributed by atoms with Crippen molar-refractivity contribution in [2.75, 3.05) is 39.3 Å². The Morgan fingerprint density at radius 3 is 2.80 bits per heavy atom. The lowest BCUT2D eigenvalue weighted by atomic mass is 10.1. The molecule has 0 spiro atoms. The Morgan fingerprint density at radius 1 is 1.40 bits per heavy atom. The molecule has 0 aromatic heterocycles. The lowest BCUT2D eigenvalue weighted by molar-refractivity contribution is 0.0947. The van der Waals surface area contributed by atoms with Crippen molar-refractivity contribution in [1.82, 2.24) is 15.5 Å². The van der Waals surface area contributed by atoms with Crippen molar-refractivity contribution in [2.24, 2.45) is 0 Å². The average Bonchev–Trinajstić information content (AvgIpc) is 2.43. The molecule has 20 heavy (non-hydrogen) atoms. The van der Waals surface area contributed by atoms with E-state index >= 15 is 0 Å². The number of aryl methyl sites for hydroxylation is 1. The number of rotatable bonds is 4. The molecule has 4 nitrogen and oxygen atoms in total. The molecule has 0 saturated carbocycles. The van der Waals surface area contributed by atoms with Gasteiger partial charge in [0.2, 0.25) is 0 Å². The summed E-state index contributed by atoms with van der Waals surface area (Å²) in [7, 11) is 0. The maximum Gasteiger partial charge on any atom is 0.252 e. The number of carbonyl (C=O) groups excluding carboxylic acids is 1. The Labute approximate surface area is 131 Å². The third kappa shape index (κ3) is 4.63. The van der Waals surface area contributed by atoms with E-state index in [9.17, 15) is 4.79 Å². The second-order valence-electron chi connectivity index (χ2n) is 4.78. The highest BCUT2D eigenvalue weighted by Gasteiger charge is 2.12. The molecule has 1 aromatic carbocycles. The number of nitrogens with zero attached hydrogens (tertiary/aromatic N) is 1. The van der Waals surface area contributed by atoms with Gasteiger partial charge in [0, 0.05) is 39.3 Å². The van der Waals surface area contributed by atoms with Crippen LogP contribution in [0.3, 0.4) is 0 Å². The quantitative estimate of drug-likeness (QED) is 0.888. The first-order valence-electron chi connectivity index (χ1n) is 6.65. The lowest BCUT2D eigenvalue weighted by Gasteiger charge is -2.27. The summed E-state index contributed by atoms with van der Waals surface area (Å²) < 4.78 is 0. The second kappa shape index (κ2) is 8.47. The minimum Gasteiger partial charge on any atom is -0.351 e. The van der Waals surface area contributed by atoms with E-state index in [2.05, 4.69) is 15.5 Å². The molecule has 1 heterocycles. The summed E-state index contributed by atoms with van der Waals surface area (Å²) in [4.78, 5) is 14.4. The smallest absolute Gasteiger partial charge is 0.252 e. The molecule has 0 bridgehead atoms. The van der Waals surface area contributed by atoms with Crippen molar-refractivity contribution in [2.45, 2.75) is 6.92 Å². The molecular weight excluding hydrogens is 297 g/mol. The molecule has 1 aliphatic rings. The van der Waals surface area contributed by atoms with E-state index in [4.69, 9.17) is 11.6 Å². The molecular formula is C14H21Cl2N3O. The van der Waals surface area contributed by atoms with Gasteiger partial charge in [0.25, 0.3) is 5.91 Å². The number of hydrogen-bond donors (Lipinski definition) is 2. The van der Waals surface area contributed by atoms with Crippen LogP contribution in [0.15, 0.2) is 18.2 Å². The predicted molar refractivity (Wildman–Crippen MR) is 85.1 cm³/mol. The van der Waals surface area contributed by atoms with Gasteiger partial charge in [-0.25, -0.2) is 0 Å². The number of hydrogen-bond acceptors (Lipinski definition) is 3. The summed E-state index contributed by atoms with van der Waals surface area (Å²) >= 11 is 6.14. The summed E-state index contributed by atoms with van der Waals surface area (Å²) in [5.74, 6) is -0.0937. The molecule has 1 saturated heterocycles. The fourth-order valence-electron chi connectivity index (χ4n) is 2.18. The summed E-state index contributed by atoms with van der Waals surface area (Å²) in [5.41, 5.74) is 1.48. The molecule has 1 fully saturated rings. The van der Waals surface area contributed by atoms with E-state index in [0.717, 1.165) is 38.3 Å². The van der Waals surface area contributed by atoms with Crippen molar-refractivity contribution in [3.8, 4) is 0 Å². The Balaban J connectivity index is 0.00000200. The predicted octanol–water partition coefficient (Wildman–Crippen LogP) is 1.71. The maximum atomic E-state index is 12.0. The third-order valence-electron chi connectivity index (χ3n) is 3.36. The second-order valence-corrected chi connectivity index (χ2v) is 5.16. The van der Waals surface area contributed by atoms with Crippen LogP contribution in [0.2, 0.25) is 5.02 Å². The molecule has 0 unspecified atom stereocenters. The van der Waals surface area contributed by atoms with E-state index in [1.165, 1.54) is 0 Å². The normalized spacial score (nSPS) is 15.5. The molecule has 0 radical (unpaired) electrons. The van der Waals surface area contributed by atoms with Gasteiger partial charge in [-0.15, -0.1) is 12.4 Å². The molecule has 6 heteroatoms. The molecule has 1 aromatic rings. The highest BCUT2D eigenvalue weighted by atomic mass is 35.5. The van der Waals surface area contributed by atoms with E-state index in [1.54, 1.807) is 6.07 Å². The first-order chi connectivity index (χ1) is 9.18. The van der Waals surface area contributed by atoms with Crippen molar-refractivity contribution in [3.63, 3.8) is 0 Å². The first-order valence-corrected chi connectivity index (χ1v) is 7.02. The zero-order valence-corrected chi connectivity index (χ0v) is 13.2. The Hall–Kier alpha value is -0.810. The molecule has 112 valence electrons. The van der Waals surface area contributed by atoms with Gasteiger partial charge >= 0.3 is 0 Å². The topological polar surface area (TPSA) is 44.4 Å². The largest absolute Gasteiger partial charge is 0.351 e. The minimum atomic E-state index is -0.0937. The van der Waals surface area contributed by atoms with Crippen molar-refractivity contribution >= 4 is 29.9 Å². The van der Waals surface area contributed by atoms with Crippen molar-refractivity contribution in [1.29, 1.82) is 0 Å². The van der Waals surface area contributed by atoms with E-state index in [-0.39, 0.29) is 18.3 Å². The van der Waals surface area contributed by atoms with Crippen LogP contribution in [-0.2, 0) is 0 Å². The zero-order valence-electron chi connectivity index (χ0n) is 11.6. The standard InChI is InChI=1S/C14H20ClN3O.ClH/c1-11-3-2-4-12(13(11)15)14(19)17-7-10-18-8-5-16-6-9-18;/h2-4,16H,5-10H2,1H3,(H,17,19);1H. The van der Waals surface area contributed by atoms with Gasteiger partial charge in [-0.05, 0) is 18.6 Å². The molecule has 0 aliphatic carbocycles. The van der Waals surface area contributed by atoms with Gasteiger partial charge in [0.15, 0.2) is 0 Å². The van der Waals surface area contributed by atoms with Gasteiger partial charge < -0.3 is 10.6 Å². The first kappa shape index (κ1) is 17.2. The van der Waals surface area contributed by atoms with Crippen LogP contribution in [0.1, 0.15) is 15.9 Å². The van der Waals surface area contributed by atoms with Gasteiger partial charge in [-0.3, -0.25) is 9.69 Å². The summed E-state index contributed by atoms with van der Waals surface area (Å²) in [6.07, 6.45) is 0. The van der Waals surface area contributed by atoms with Crippen LogP contribution < -0.4 is 10.6 Å². The third-order valence-corrected chi connectivity index (χ3v) is 3.86. The number of benzene rings is 1. The highest BCUT2D eigenvalue weighted by molar-refractivity contribution is 6.34. The van der Waals surface area contributed by atoms with Crippen LogP contribution >= 0.6 is 24.0 Å². The minimum absolute atomic E-state index is 0. The van der Waals surface area contributed by atoms with Gasteiger partial charge in [-0.1, -0.05) is 23.7 Å². The van der Waals surface area contributed by atoms with Crippen molar-refractivity contribution < 1.29 is 4.79 Å². The molecule has 2 N–H and O–H groups in total. The Kier molecular flexibility index (Phi) is 7.30. The van der Waals surface area contributed by atoms with Gasteiger partial charge in [-0.2, -0.15) is 0 Å². The monoisotopic (exact) mass is 317 g/mol. The molecule has 1 amide bonds. The molecule has 1 aliphatic heterocycles. The number of carbonyl (C=O) groups is 1. The maximum absolute atomic E-state index is 12.0. The number of piperazine rings is 1. The lowest BCUT2D eigenvalue weighted by Crippen LogP contribution is -2.46. The van der Waals surface area contributed by atoms with Crippen LogP contribution in [0.25, 0.3) is 0 Å². The number of nitrogens with one attached hydrogen (secondary N) is 2. The van der Waals surface area contributed by atoms with Crippen LogP contribution in [0.4, 0.5) is 0 Å². The fraction of sp³-hybridized carbons (Fsp3) is 0.500. The van der Waals surface area contributed by atoms with Crippen LogP contribution in [0, 0.1) is 6.92 Å². The average molecular weight is 318 g/mol. The fourth-order valence-corrected chi connectivity index (χ4v) is 2.39. The highest BCUT2D eigenvalue weighted by Crippen LogP contribution is 2.19. The van der Waals surface area contributed by atoms with Crippen LogP contribution in [0.5, 0.6) is 0 Å². The van der Waals surface area contributed by atoms with Gasteiger partial charge in [0.05, 0.1) is 10.6 Å². The summed E-state index contributed by atoms with van der Waals surface area (Å²) in [5, 5.41) is 6.78. The zero-order chi connectivity index (χ0) is 13.7. The number of halogens is 2. The van der Waals surface area contributed by atoms with Crippen molar-refractivity contribution in [3.05, 3.63) is 34.3 Å². The number of amides is 1. The van der Waals surface area contributed by atoms with E-state index < -0.39 is 0 Å². The van der Waals surface area contributed by atoms with Crippen LogP contribution in [-0.4, -0.2) is 50.1 Å². The SMILES string of the molecule is Cc1cccc(C(=O)NCCN2CCNCC2)c1Cl.Cl. The Bertz CT molecular complexity index is 448.